The number of hydrogen-bond donors (Lipinski definition) is 2. The summed E-state index contributed by atoms with van der Waals surface area (Å²) < 4.78 is 25.9. The Morgan fingerprint density at radius 1 is 0.848 bits per heavy atom. The summed E-state index contributed by atoms with van der Waals surface area (Å²) in [6.45, 7) is 1.50. The smallest absolute Gasteiger partial charge is 0.256 e. The maximum absolute atomic E-state index is 14.2. The van der Waals surface area contributed by atoms with Gasteiger partial charge in [-0.1, -0.05) is 30.3 Å². The van der Waals surface area contributed by atoms with E-state index >= 15 is 0 Å². The molecule has 232 valence electrons. The van der Waals surface area contributed by atoms with Crippen molar-refractivity contribution in [1.29, 1.82) is 0 Å². The van der Waals surface area contributed by atoms with Crippen LogP contribution >= 0.6 is 0 Å². The summed E-state index contributed by atoms with van der Waals surface area (Å²) in [5, 5.41) is 7.72. The largest absolute Gasteiger partial charge is 0.493 e. The number of benzene rings is 4. The van der Waals surface area contributed by atoms with Crippen molar-refractivity contribution in [1.82, 2.24) is 14.9 Å². The number of rotatable bonds is 11. The van der Waals surface area contributed by atoms with Crippen LogP contribution < -0.4 is 20.1 Å². The molecule has 9 heteroatoms. The fraction of sp³-hybridized carbons (Fsp3) is 0.162. The van der Waals surface area contributed by atoms with Crippen LogP contribution in [-0.2, 0) is 0 Å². The molecule has 1 amide bonds. The monoisotopic (exact) mass is 615 g/mol. The van der Waals surface area contributed by atoms with Crippen LogP contribution in [0.4, 0.5) is 21.5 Å². The predicted molar refractivity (Wildman–Crippen MR) is 182 cm³/mol. The van der Waals surface area contributed by atoms with Crippen molar-refractivity contribution in [3.63, 3.8) is 0 Å². The zero-order valence-electron chi connectivity index (χ0n) is 25.9. The van der Waals surface area contributed by atoms with Gasteiger partial charge in [-0.15, -0.1) is 0 Å². The van der Waals surface area contributed by atoms with Gasteiger partial charge in [0.25, 0.3) is 5.91 Å². The van der Waals surface area contributed by atoms with E-state index in [1.54, 1.807) is 25.4 Å². The normalized spacial score (nSPS) is 11.2. The fourth-order valence-electron chi connectivity index (χ4n) is 5.23. The van der Waals surface area contributed by atoms with Gasteiger partial charge in [0.1, 0.15) is 5.82 Å². The molecule has 0 unspecified atom stereocenters. The maximum atomic E-state index is 14.2. The Morgan fingerprint density at radius 3 is 2.39 bits per heavy atom. The Bertz CT molecular complexity index is 2000. The van der Waals surface area contributed by atoms with Crippen molar-refractivity contribution >= 4 is 44.8 Å². The summed E-state index contributed by atoms with van der Waals surface area (Å²) in [6.07, 6.45) is 2.64. The lowest BCUT2D eigenvalue weighted by Gasteiger charge is -2.15. The number of fused-ring (bicyclic) bond motifs is 2. The van der Waals surface area contributed by atoms with Gasteiger partial charge in [0.05, 0.1) is 36.0 Å². The first-order valence-corrected chi connectivity index (χ1v) is 15.0. The molecule has 46 heavy (non-hydrogen) atoms. The third kappa shape index (κ3) is 6.90. The van der Waals surface area contributed by atoms with E-state index in [2.05, 4.69) is 25.5 Å². The van der Waals surface area contributed by atoms with Gasteiger partial charge in [0.15, 0.2) is 11.5 Å². The van der Waals surface area contributed by atoms with Crippen molar-refractivity contribution in [2.45, 2.75) is 6.42 Å². The van der Waals surface area contributed by atoms with Crippen LogP contribution in [0.2, 0.25) is 0 Å². The number of halogens is 1. The molecule has 0 radical (unpaired) electrons. The lowest BCUT2D eigenvalue weighted by molar-refractivity contribution is 0.102. The molecule has 2 heterocycles. The zero-order chi connectivity index (χ0) is 32.0. The van der Waals surface area contributed by atoms with Gasteiger partial charge in [-0.05, 0) is 81.2 Å². The molecule has 0 aliphatic heterocycles. The molecule has 2 N–H and O–H groups in total. The van der Waals surface area contributed by atoms with Crippen LogP contribution in [0, 0.1) is 5.82 Å². The molecule has 4 aromatic carbocycles. The number of carbonyl (C=O) groups is 1. The number of hydrogen-bond acceptors (Lipinski definition) is 7. The zero-order valence-corrected chi connectivity index (χ0v) is 25.9. The van der Waals surface area contributed by atoms with E-state index in [0.717, 1.165) is 40.8 Å². The number of carbonyl (C=O) groups excluding carboxylic acids is 1. The summed E-state index contributed by atoms with van der Waals surface area (Å²) in [4.78, 5) is 24.9. The quantitative estimate of drug-likeness (QED) is 0.143. The van der Waals surface area contributed by atoms with Crippen LogP contribution in [0.1, 0.15) is 16.8 Å². The Balaban J connectivity index is 1.21. The molecule has 6 aromatic rings. The van der Waals surface area contributed by atoms with Gasteiger partial charge in [0, 0.05) is 52.2 Å². The first kappa shape index (κ1) is 30.5. The van der Waals surface area contributed by atoms with E-state index in [0.29, 0.717) is 46.0 Å². The van der Waals surface area contributed by atoms with Gasteiger partial charge in [-0.3, -0.25) is 9.78 Å². The molecule has 0 bridgehead atoms. The van der Waals surface area contributed by atoms with E-state index in [1.165, 1.54) is 12.1 Å². The van der Waals surface area contributed by atoms with Gasteiger partial charge in [-0.25, -0.2) is 9.37 Å². The van der Waals surface area contributed by atoms with Crippen molar-refractivity contribution in [3.05, 3.63) is 115 Å². The highest BCUT2D eigenvalue weighted by molar-refractivity contribution is 6.13. The number of aromatic nitrogens is 2. The number of methoxy groups -OCH3 is 1. The number of anilines is 3. The molecule has 0 saturated heterocycles. The van der Waals surface area contributed by atoms with Crippen LogP contribution in [0.15, 0.2) is 103 Å². The first-order chi connectivity index (χ1) is 22.4. The maximum Gasteiger partial charge on any atom is 0.256 e. The molecule has 8 nitrogen and oxygen atoms in total. The highest BCUT2D eigenvalue weighted by Crippen LogP contribution is 2.36. The molecule has 2 aromatic heterocycles. The predicted octanol–water partition coefficient (Wildman–Crippen LogP) is 7.92. The second kappa shape index (κ2) is 13.6. The van der Waals surface area contributed by atoms with Crippen molar-refractivity contribution in [2.24, 2.45) is 0 Å². The molecule has 0 fully saturated rings. The highest BCUT2D eigenvalue weighted by atomic mass is 19.1. The second-order valence-electron chi connectivity index (χ2n) is 11.1. The molecule has 0 spiro atoms. The van der Waals surface area contributed by atoms with Crippen molar-refractivity contribution in [3.8, 4) is 22.8 Å². The van der Waals surface area contributed by atoms with Crippen LogP contribution in [0.5, 0.6) is 11.5 Å². The highest BCUT2D eigenvalue weighted by Gasteiger charge is 2.16. The van der Waals surface area contributed by atoms with Gasteiger partial charge in [0.2, 0.25) is 0 Å². The van der Waals surface area contributed by atoms with Crippen LogP contribution in [0.3, 0.4) is 0 Å². The second-order valence-corrected chi connectivity index (χ2v) is 11.1. The number of pyridine rings is 2. The van der Waals surface area contributed by atoms with E-state index in [4.69, 9.17) is 9.47 Å². The van der Waals surface area contributed by atoms with Gasteiger partial charge in [-0.2, -0.15) is 0 Å². The Hall–Kier alpha value is -5.54. The molecule has 0 saturated carbocycles. The molecule has 0 aliphatic rings. The van der Waals surface area contributed by atoms with E-state index in [-0.39, 0.29) is 5.91 Å². The molecular weight excluding hydrogens is 581 g/mol. The van der Waals surface area contributed by atoms with Crippen LogP contribution in [-0.4, -0.2) is 55.1 Å². The average Bonchev–Trinajstić information content (AvgIpc) is 3.07. The Morgan fingerprint density at radius 2 is 1.63 bits per heavy atom. The van der Waals surface area contributed by atoms with Crippen LogP contribution in [0.25, 0.3) is 33.1 Å². The summed E-state index contributed by atoms with van der Waals surface area (Å²) >= 11 is 0. The fourth-order valence-corrected chi connectivity index (χ4v) is 5.23. The summed E-state index contributed by atoms with van der Waals surface area (Å²) in [6, 6.07) is 28.7. The Kier molecular flexibility index (Phi) is 9.03. The standard InChI is InChI=1S/C37H34FN5O3/c1-43(2)18-7-19-46-36-23-34-30(22-35(36)45-3)32(16-17-39-34)40-26-11-13-27(14-12-26)41-37(44)29-21-33(24-8-5-4-6-9-24)42-31-15-10-25(38)20-28(29)31/h4-6,8-17,20-23H,7,18-19H2,1-3H3,(H,39,40)(H,41,44). The number of amides is 1. The Labute approximate surface area is 266 Å². The van der Waals surface area contributed by atoms with Gasteiger partial charge < -0.3 is 25.0 Å². The van der Waals surface area contributed by atoms with E-state index in [1.807, 2.05) is 86.9 Å². The van der Waals surface area contributed by atoms with E-state index in [9.17, 15) is 9.18 Å². The number of ether oxygens (including phenoxy) is 2. The third-order valence-electron chi connectivity index (χ3n) is 7.54. The lowest BCUT2D eigenvalue weighted by Crippen LogP contribution is -2.15. The first-order valence-electron chi connectivity index (χ1n) is 15.0. The number of nitrogens with zero attached hydrogens (tertiary/aromatic N) is 3. The van der Waals surface area contributed by atoms with Crippen molar-refractivity contribution in [2.75, 3.05) is 45.0 Å². The summed E-state index contributed by atoms with van der Waals surface area (Å²) in [7, 11) is 5.69. The topological polar surface area (TPSA) is 88.6 Å². The minimum Gasteiger partial charge on any atom is -0.493 e. The average molecular weight is 616 g/mol. The van der Waals surface area contributed by atoms with Gasteiger partial charge >= 0.3 is 0 Å². The SMILES string of the molecule is COc1cc2c(Nc3ccc(NC(=O)c4cc(-c5ccccc5)nc5ccc(F)cc45)cc3)ccnc2cc1OCCCN(C)C. The molecule has 6 rings (SSSR count). The minimum absolute atomic E-state index is 0.337. The molecule has 0 aliphatic carbocycles. The minimum atomic E-state index is -0.434. The lowest BCUT2D eigenvalue weighted by atomic mass is 10.0. The molecular formula is C37H34FN5O3. The summed E-state index contributed by atoms with van der Waals surface area (Å²) in [5.41, 5.74) is 5.40. The summed E-state index contributed by atoms with van der Waals surface area (Å²) in [5.74, 6) is 0.489. The third-order valence-corrected chi connectivity index (χ3v) is 7.54. The van der Waals surface area contributed by atoms with E-state index < -0.39 is 5.82 Å². The molecule has 0 atom stereocenters. The van der Waals surface area contributed by atoms with Crippen molar-refractivity contribution < 1.29 is 18.7 Å². The number of nitrogens with one attached hydrogen (secondary N) is 2.